The van der Waals surface area contributed by atoms with Gasteiger partial charge in [-0.25, -0.2) is 17.6 Å². The Morgan fingerprint density at radius 1 is 1.14 bits per heavy atom. The molecule has 2 heterocycles. The number of rotatable bonds is 5. The van der Waals surface area contributed by atoms with E-state index >= 15 is 0 Å². The molecule has 2 aliphatic rings. The minimum absolute atomic E-state index is 0.0321. The van der Waals surface area contributed by atoms with Crippen LogP contribution >= 0.6 is 0 Å². The Balaban J connectivity index is 0.000000236. The van der Waals surface area contributed by atoms with Crippen LogP contribution in [0.4, 0.5) is 17.6 Å². The van der Waals surface area contributed by atoms with Gasteiger partial charge in [-0.15, -0.1) is 0 Å². The number of piperidine rings is 1. The lowest BCUT2D eigenvalue weighted by Gasteiger charge is -2.36. The number of carbonyl (C=O) groups is 1. The number of nitrogens with zero attached hydrogens (tertiary/aromatic N) is 2. The second-order valence-electron chi connectivity index (χ2n) is 8.39. The van der Waals surface area contributed by atoms with Crippen LogP contribution in [0.15, 0.2) is 58.6 Å². The van der Waals surface area contributed by atoms with Crippen molar-refractivity contribution in [1.29, 1.82) is 0 Å². The van der Waals surface area contributed by atoms with Gasteiger partial charge in [-0.2, -0.15) is 17.5 Å². The van der Waals surface area contributed by atoms with Gasteiger partial charge in [-0.05, 0) is 48.9 Å². The molecule has 0 aromatic heterocycles. The highest BCUT2D eigenvalue weighted by atomic mass is 32.2. The molecule has 8 nitrogen and oxygen atoms in total. The van der Waals surface area contributed by atoms with Gasteiger partial charge in [0.25, 0.3) is 0 Å². The van der Waals surface area contributed by atoms with E-state index in [1.54, 1.807) is 6.07 Å². The SMILES string of the molecule is NCCc1cccc(C(F)(F)F)c1.O=C(O)C1=NOC2(CCN(S(=O)(=O)c3ccc(F)cc3)CC2)C1. The van der Waals surface area contributed by atoms with Crippen LogP contribution in [0.3, 0.4) is 0 Å². The van der Waals surface area contributed by atoms with Crippen molar-refractivity contribution in [2.75, 3.05) is 19.6 Å². The minimum atomic E-state index is -4.26. The first-order valence-electron chi connectivity index (χ1n) is 11.0. The molecule has 0 saturated carbocycles. The molecule has 1 fully saturated rings. The molecule has 2 aliphatic heterocycles. The molecule has 0 unspecified atom stereocenters. The Labute approximate surface area is 205 Å². The van der Waals surface area contributed by atoms with Gasteiger partial charge in [0.2, 0.25) is 10.0 Å². The molecule has 2 aromatic carbocycles. The molecule has 1 saturated heterocycles. The molecule has 0 atom stereocenters. The Morgan fingerprint density at radius 3 is 2.31 bits per heavy atom. The quantitative estimate of drug-likeness (QED) is 0.571. The van der Waals surface area contributed by atoms with Crippen molar-refractivity contribution in [3.05, 3.63) is 65.5 Å². The topological polar surface area (TPSA) is 122 Å². The maximum atomic E-state index is 12.9. The van der Waals surface area contributed by atoms with Crippen LogP contribution in [0.2, 0.25) is 0 Å². The van der Waals surface area contributed by atoms with Gasteiger partial charge in [0.05, 0.1) is 10.5 Å². The first-order valence-corrected chi connectivity index (χ1v) is 12.4. The molecule has 1 spiro atoms. The van der Waals surface area contributed by atoms with Gasteiger partial charge in [0.1, 0.15) is 11.4 Å². The van der Waals surface area contributed by atoms with Crippen LogP contribution in [0.1, 0.15) is 30.4 Å². The Bertz CT molecular complexity index is 1210. The lowest BCUT2D eigenvalue weighted by atomic mass is 9.88. The van der Waals surface area contributed by atoms with Crippen molar-refractivity contribution >= 4 is 21.7 Å². The summed E-state index contributed by atoms with van der Waals surface area (Å²) in [6.45, 7) is 0.756. The molecule has 4 rings (SSSR count). The number of alkyl halides is 3. The highest BCUT2D eigenvalue weighted by Gasteiger charge is 2.45. The van der Waals surface area contributed by atoms with Gasteiger partial charge in [0, 0.05) is 32.4 Å². The summed E-state index contributed by atoms with van der Waals surface area (Å²) in [5, 5.41) is 12.5. The zero-order chi connectivity index (χ0) is 26.6. The van der Waals surface area contributed by atoms with Crippen molar-refractivity contribution < 1.29 is 40.7 Å². The first-order chi connectivity index (χ1) is 16.9. The average Bonchev–Trinajstić information content (AvgIpc) is 3.24. The highest BCUT2D eigenvalue weighted by Crippen LogP contribution is 2.36. The van der Waals surface area contributed by atoms with Crippen LogP contribution in [0.25, 0.3) is 0 Å². The molecule has 0 bridgehead atoms. The molecule has 196 valence electrons. The number of aliphatic carboxylic acids is 1. The number of benzene rings is 2. The smallest absolute Gasteiger partial charge is 0.416 e. The van der Waals surface area contributed by atoms with Crippen LogP contribution in [-0.4, -0.2) is 54.7 Å². The number of carboxylic acids is 1. The normalized spacial score (nSPS) is 17.6. The summed E-state index contributed by atoms with van der Waals surface area (Å²) < 4.78 is 75.8. The molecule has 2 aromatic rings. The van der Waals surface area contributed by atoms with Gasteiger partial charge in [-0.3, -0.25) is 0 Å². The van der Waals surface area contributed by atoms with Crippen LogP contribution < -0.4 is 5.73 Å². The Hall–Kier alpha value is -3.03. The van der Waals surface area contributed by atoms with Crippen LogP contribution in [0, 0.1) is 5.82 Å². The predicted octanol–water partition coefficient (Wildman–Crippen LogP) is 3.42. The third-order valence-electron chi connectivity index (χ3n) is 5.86. The van der Waals surface area contributed by atoms with Gasteiger partial charge in [-0.1, -0.05) is 23.4 Å². The number of oxime groups is 1. The van der Waals surface area contributed by atoms with E-state index in [1.165, 1.54) is 22.5 Å². The molecular formula is C23H25F4N3O5S. The maximum Gasteiger partial charge on any atom is 0.416 e. The largest absolute Gasteiger partial charge is 0.477 e. The fraction of sp³-hybridized carbons (Fsp3) is 0.391. The predicted molar refractivity (Wildman–Crippen MR) is 122 cm³/mol. The summed E-state index contributed by atoms with van der Waals surface area (Å²) in [6.07, 6.45) is -2.90. The van der Waals surface area contributed by atoms with Gasteiger partial charge >= 0.3 is 12.1 Å². The number of nitrogens with two attached hydrogens (primary N) is 1. The van der Waals surface area contributed by atoms with Crippen molar-refractivity contribution in [1.82, 2.24) is 4.31 Å². The number of hydrogen-bond acceptors (Lipinski definition) is 6. The zero-order valence-electron chi connectivity index (χ0n) is 19.0. The summed E-state index contributed by atoms with van der Waals surface area (Å²) in [4.78, 5) is 16.2. The Morgan fingerprint density at radius 2 is 1.78 bits per heavy atom. The fourth-order valence-corrected chi connectivity index (χ4v) is 5.31. The number of sulfonamides is 1. The molecular weight excluding hydrogens is 506 g/mol. The fourth-order valence-electron chi connectivity index (χ4n) is 3.86. The minimum Gasteiger partial charge on any atom is -0.477 e. The van der Waals surface area contributed by atoms with E-state index in [0.717, 1.165) is 24.3 Å². The third kappa shape index (κ3) is 6.59. The molecule has 13 heteroatoms. The summed E-state index contributed by atoms with van der Waals surface area (Å²) in [6, 6.07) is 9.89. The number of carboxylic acid groups (broad SMARTS) is 1. The van der Waals surface area contributed by atoms with Gasteiger partial charge < -0.3 is 15.7 Å². The zero-order valence-corrected chi connectivity index (χ0v) is 19.9. The monoisotopic (exact) mass is 531 g/mol. The third-order valence-corrected chi connectivity index (χ3v) is 7.77. The highest BCUT2D eigenvalue weighted by molar-refractivity contribution is 7.89. The summed E-state index contributed by atoms with van der Waals surface area (Å²) in [7, 11) is -3.70. The number of halogens is 4. The van der Waals surface area contributed by atoms with Gasteiger partial charge in [0.15, 0.2) is 5.71 Å². The van der Waals surface area contributed by atoms with E-state index in [2.05, 4.69) is 5.16 Å². The van der Waals surface area contributed by atoms with E-state index in [9.17, 15) is 30.8 Å². The maximum absolute atomic E-state index is 12.9. The molecule has 0 aliphatic carbocycles. The summed E-state index contributed by atoms with van der Waals surface area (Å²) >= 11 is 0. The molecule has 3 N–H and O–H groups in total. The first kappa shape index (κ1) is 27.6. The second kappa shape index (κ2) is 10.9. The van der Waals surface area contributed by atoms with Crippen LogP contribution in [-0.2, 0) is 32.3 Å². The van der Waals surface area contributed by atoms with E-state index in [1.807, 2.05) is 0 Å². The lowest BCUT2D eigenvalue weighted by Crippen LogP contribution is -2.47. The van der Waals surface area contributed by atoms with Crippen LogP contribution in [0.5, 0.6) is 0 Å². The molecule has 0 amide bonds. The molecule has 36 heavy (non-hydrogen) atoms. The van der Waals surface area contributed by atoms with Crippen molar-refractivity contribution in [2.24, 2.45) is 10.9 Å². The molecule has 0 radical (unpaired) electrons. The van der Waals surface area contributed by atoms with E-state index in [-0.39, 0.29) is 30.1 Å². The second-order valence-corrected chi connectivity index (χ2v) is 10.3. The van der Waals surface area contributed by atoms with E-state index in [0.29, 0.717) is 31.4 Å². The average molecular weight is 532 g/mol. The van der Waals surface area contributed by atoms with E-state index < -0.39 is 39.2 Å². The summed E-state index contributed by atoms with van der Waals surface area (Å²) in [5.41, 5.74) is 4.47. The number of hydrogen-bond donors (Lipinski definition) is 2. The van der Waals surface area contributed by atoms with Crippen molar-refractivity contribution in [2.45, 2.75) is 42.4 Å². The van der Waals surface area contributed by atoms with Crippen molar-refractivity contribution in [3.63, 3.8) is 0 Å². The van der Waals surface area contributed by atoms with E-state index in [4.69, 9.17) is 15.7 Å². The van der Waals surface area contributed by atoms with Crippen molar-refractivity contribution in [3.8, 4) is 0 Å². The Kier molecular flexibility index (Phi) is 8.37. The summed E-state index contributed by atoms with van der Waals surface area (Å²) in [5.74, 6) is -1.62. The standard InChI is InChI=1S/C14H15FN2O5S.C9H10F3N/c15-10-1-3-11(4-2-10)23(20,21)17-7-5-14(6-8-17)9-12(13(18)19)16-22-14;10-9(11,12)8-3-1-2-7(6-8)4-5-13/h1-4H,5-9H2,(H,18,19);1-3,6H,4-5,13H2. The lowest BCUT2D eigenvalue weighted by molar-refractivity contribution is -0.137.